The van der Waals surface area contributed by atoms with Crippen LogP contribution in [0, 0.1) is 0 Å². The molecule has 0 atom stereocenters. The molecule has 0 saturated carbocycles. The van der Waals surface area contributed by atoms with Gasteiger partial charge < -0.3 is 9.97 Å². The number of benzene rings is 3. The third-order valence-electron chi connectivity index (χ3n) is 6.62. The molecule has 8 nitrogen and oxygen atoms in total. The van der Waals surface area contributed by atoms with E-state index in [1.54, 1.807) is 33.9 Å². The molecule has 4 aliphatic rings. The van der Waals surface area contributed by atoms with Gasteiger partial charge >= 0.3 is 0 Å². The molecule has 0 amide bonds. The van der Waals surface area contributed by atoms with Gasteiger partial charge in [0, 0.05) is 35.9 Å². The molecule has 3 aromatic rings. The topological polar surface area (TPSA) is 101 Å². The number of imidazole rings is 2. The molecule has 2 N–H and O–H groups in total. The summed E-state index contributed by atoms with van der Waals surface area (Å²) in [6.07, 6.45) is 7.01. The van der Waals surface area contributed by atoms with Gasteiger partial charge in [-0.1, -0.05) is 84.9 Å². The van der Waals surface area contributed by atoms with E-state index in [0.29, 0.717) is 23.0 Å². The van der Waals surface area contributed by atoms with E-state index in [1.165, 1.54) is 0 Å². The van der Waals surface area contributed by atoms with Gasteiger partial charge in [0.05, 0.1) is 11.4 Å². The van der Waals surface area contributed by atoms with Crippen LogP contribution in [-0.4, -0.2) is 29.1 Å². The monoisotopic (exact) mass is 496 g/mol. The number of H-pyrrole nitrogens is 2. The van der Waals surface area contributed by atoms with Crippen molar-refractivity contribution >= 4 is 0 Å². The highest BCUT2D eigenvalue weighted by Crippen LogP contribution is 2.25. The molecule has 8 heteroatoms. The lowest BCUT2D eigenvalue weighted by Gasteiger charge is -2.09. The molecule has 38 heavy (non-hydrogen) atoms. The van der Waals surface area contributed by atoms with Crippen molar-refractivity contribution in [3.05, 3.63) is 130 Å². The summed E-state index contributed by atoms with van der Waals surface area (Å²) in [5.74, 6) is 1.11. The summed E-state index contributed by atoms with van der Waals surface area (Å²) in [5.41, 5.74) is 5.47. The summed E-state index contributed by atoms with van der Waals surface area (Å²) < 4.78 is 3.12. The molecule has 0 aliphatic carbocycles. The maximum atomic E-state index is 13.0. The molecule has 7 rings (SSSR count). The largest absolute Gasteiger partial charge is 0.357 e. The van der Waals surface area contributed by atoms with E-state index in [-0.39, 0.29) is 11.1 Å². The predicted octanol–water partition coefficient (Wildman–Crippen LogP) is 4.98. The van der Waals surface area contributed by atoms with E-state index in [1.807, 2.05) is 84.9 Å². The SMILES string of the molecule is O=c1c(-c2ccccc2)nc2c[nH]c(-c3ccc(-c4cn5c(=O)c(-c6ccccc6)nc-5c[nH]4)cc3)cn1-2. The lowest BCUT2D eigenvalue weighted by atomic mass is 10.1. The Hall–Kier alpha value is -5.50. The average molecular weight is 497 g/mol. The van der Waals surface area contributed by atoms with E-state index in [4.69, 9.17) is 0 Å². The molecule has 4 aliphatic heterocycles. The van der Waals surface area contributed by atoms with E-state index < -0.39 is 0 Å². The summed E-state index contributed by atoms with van der Waals surface area (Å²) in [5, 5.41) is 0. The number of aromatic nitrogens is 6. The Morgan fingerprint density at radius 1 is 0.500 bits per heavy atom. The molecule has 3 aromatic carbocycles. The summed E-state index contributed by atoms with van der Waals surface area (Å²) in [6, 6.07) is 26.7. The number of hydrogen-bond acceptors (Lipinski definition) is 4. The number of nitrogens with zero attached hydrogens (tertiary/aromatic N) is 4. The van der Waals surface area contributed by atoms with Crippen molar-refractivity contribution in [1.82, 2.24) is 29.1 Å². The Kier molecular flexibility index (Phi) is 4.90. The van der Waals surface area contributed by atoms with Crippen molar-refractivity contribution in [2.45, 2.75) is 0 Å². The molecule has 0 radical (unpaired) electrons. The van der Waals surface area contributed by atoms with E-state index in [0.717, 1.165) is 33.6 Å². The highest BCUT2D eigenvalue weighted by molar-refractivity contribution is 5.68. The van der Waals surface area contributed by atoms with Crippen LogP contribution in [0.15, 0.2) is 119 Å². The van der Waals surface area contributed by atoms with E-state index >= 15 is 0 Å². The summed E-state index contributed by atoms with van der Waals surface area (Å²) in [4.78, 5) is 41.6. The van der Waals surface area contributed by atoms with Gasteiger partial charge in [0.2, 0.25) is 0 Å². The maximum absolute atomic E-state index is 13.0. The predicted molar refractivity (Wildman–Crippen MR) is 146 cm³/mol. The van der Waals surface area contributed by atoms with Crippen molar-refractivity contribution < 1.29 is 0 Å². The second-order valence-corrected chi connectivity index (χ2v) is 8.96. The first-order valence-corrected chi connectivity index (χ1v) is 12.1. The zero-order valence-corrected chi connectivity index (χ0v) is 20.0. The number of rotatable bonds is 4. The van der Waals surface area contributed by atoms with Gasteiger partial charge in [-0.05, 0) is 11.1 Å². The third-order valence-corrected chi connectivity index (χ3v) is 6.62. The lowest BCUT2D eigenvalue weighted by Crippen LogP contribution is -2.14. The Morgan fingerprint density at radius 2 is 0.895 bits per heavy atom. The minimum Gasteiger partial charge on any atom is -0.357 e. The van der Waals surface area contributed by atoms with Crippen LogP contribution in [0.5, 0.6) is 0 Å². The minimum atomic E-state index is -0.162. The Balaban J connectivity index is 1.22. The molecule has 0 aromatic heterocycles. The van der Waals surface area contributed by atoms with Gasteiger partial charge in [0.1, 0.15) is 11.4 Å². The normalized spacial score (nSPS) is 11.4. The van der Waals surface area contributed by atoms with Crippen LogP contribution in [-0.2, 0) is 0 Å². The third kappa shape index (κ3) is 3.55. The molecule has 0 unspecified atom stereocenters. The fourth-order valence-corrected chi connectivity index (χ4v) is 4.65. The Labute approximate surface area is 216 Å². The van der Waals surface area contributed by atoms with Gasteiger partial charge in [0.25, 0.3) is 11.1 Å². The molecule has 0 fully saturated rings. The molecule has 0 spiro atoms. The van der Waals surface area contributed by atoms with Crippen molar-refractivity contribution in [2.24, 2.45) is 0 Å². The molecule has 182 valence electrons. The fraction of sp³-hybridized carbons (Fsp3) is 0. The first-order chi connectivity index (χ1) is 18.7. The van der Waals surface area contributed by atoms with Crippen molar-refractivity contribution in [2.75, 3.05) is 0 Å². The molecular formula is C30H20N6O2. The summed E-state index contributed by atoms with van der Waals surface area (Å²) >= 11 is 0. The van der Waals surface area contributed by atoms with Crippen LogP contribution in [0.2, 0.25) is 0 Å². The van der Waals surface area contributed by atoms with Gasteiger partial charge in [-0.15, -0.1) is 0 Å². The molecule has 4 heterocycles. The zero-order valence-electron chi connectivity index (χ0n) is 20.0. The zero-order chi connectivity index (χ0) is 25.6. The van der Waals surface area contributed by atoms with Crippen molar-refractivity contribution in [3.63, 3.8) is 0 Å². The van der Waals surface area contributed by atoms with Crippen molar-refractivity contribution in [3.8, 4) is 56.7 Å². The highest BCUT2D eigenvalue weighted by Gasteiger charge is 2.18. The van der Waals surface area contributed by atoms with Crippen LogP contribution in [0.4, 0.5) is 0 Å². The maximum Gasteiger partial charge on any atom is 0.282 e. The molecule has 0 bridgehead atoms. The number of fused-ring (bicyclic) bond motifs is 2. The first kappa shape index (κ1) is 21.8. The van der Waals surface area contributed by atoms with Crippen LogP contribution in [0.25, 0.3) is 56.7 Å². The summed E-state index contributed by atoms with van der Waals surface area (Å²) in [7, 11) is 0. The first-order valence-electron chi connectivity index (χ1n) is 12.1. The number of hydrogen-bond donors (Lipinski definition) is 2. The Morgan fingerprint density at radius 3 is 1.29 bits per heavy atom. The van der Waals surface area contributed by atoms with E-state index in [2.05, 4.69) is 19.9 Å². The van der Waals surface area contributed by atoms with Crippen LogP contribution >= 0.6 is 0 Å². The second-order valence-electron chi connectivity index (χ2n) is 8.96. The second kappa shape index (κ2) is 8.56. The van der Waals surface area contributed by atoms with Crippen LogP contribution < -0.4 is 11.1 Å². The Bertz CT molecular complexity index is 1800. The van der Waals surface area contributed by atoms with Gasteiger partial charge in [-0.2, -0.15) is 0 Å². The van der Waals surface area contributed by atoms with Gasteiger partial charge in [-0.25, -0.2) is 9.97 Å². The lowest BCUT2D eigenvalue weighted by molar-refractivity contribution is 0.972. The molecule has 0 saturated heterocycles. The number of nitrogens with one attached hydrogen (secondary N) is 2. The average Bonchev–Trinajstić information content (AvgIpc) is 3.50. The minimum absolute atomic E-state index is 0.162. The highest BCUT2D eigenvalue weighted by atomic mass is 16.1. The van der Waals surface area contributed by atoms with Gasteiger partial charge in [0.15, 0.2) is 11.6 Å². The fourth-order valence-electron chi connectivity index (χ4n) is 4.65. The van der Waals surface area contributed by atoms with Gasteiger partial charge in [-0.3, -0.25) is 18.7 Å². The standard InChI is InChI=1S/C30H20N6O2/c37-29-27(21-7-3-1-4-8-21)33-25-15-31-23(17-35(25)29)19-11-13-20(14-12-19)24-18-36-26(16-32-24)34-28(30(36)38)22-9-5-2-6-10-22/h1-18,31-32H. The number of aromatic amines is 2. The quantitative estimate of drug-likeness (QED) is 0.359. The van der Waals surface area contributed by atoms with Crippen LogP contribution in [0.1, 0.15) is 0 Å². The smallest absolute Gasteiger partial charge is 0.282 e. The molecular weight excluding hydrogens is 476 g/mol. The van der Waals surface area contributed by atoms with E-state index in [9.17, 15) is 9.59 Å². The van der Waals surface area contributed by atoms with Crippen LogP contribution in [0.3, 0.4) is 0 Å². The van der Waals surface area contributed by atoms with Crippen molar-refractivity contribution in [1.29, 1.82) is 0 Å². The summed E-state index contributed by atoms with van der Waals surface area (Å²) in [6.45, 7) is 0.